The fraction of sp³-hybridized carbons (Fsp3) is 0.429. The first kappa shape index (κ1) is 16.5. The molecule has 0 fully saturated rings. The number of carbonyl (C=O) groups excluding carboxylic acids is 2. The van der Waals surface area contributed by atoms with E-state index < -0.39 is 11.8 Å². The SMILES string of the molecule is Cc1ccc(NC(=O)C(=O)NC(C)CCCO)cc1Cl. The Hall–Kier alpha value is -1.59. The molecular formula is C14H19ClN2O3. The standard InChI is InChI=1S/C14H19ClN2O3/c1-9-5-6-11(8-12(9)15)17-14(20)13(19)16-10(2)4-3-7-18/h5-6,8,10,18H,3-4,7H2,1-2H3,(H,16,19)(H,17,20). The Morgan fingerprint density at radius 3 is 2.65 bits per heavy atom. The maximum absolute atomic E-state index is 11.7. The van der Waals surface area contributed by atoms with Crippen LogP contribution < -0.4 is 10.6 Å². The molecule has 1 unspecified atom stereocenters. The summed E-state index contributed by atoms with van der Waals surface area (Å²) in [6.45, 7) is 3.70. The molecule has 0 bridgehead atoms. The quantitative estimate of drug-likeness (QED) is 0.726. The van der Waals surface area contributed by atoms with Gasteiger partial charge < -0.3 is 15.7 Å². The van der Waals surface area contributed by atoms with Crippen LogP contribution in [0.15, 0.2) is 18.2 Å². The van der Waals surface area contributed by atoms with Crippen LogP contribution in [0.2, 0.25) is 5.02 Å². The van der Waals surface area contributed by atoms with E-state index in [0.717, 1.165) is 5.56 Å². The highest BCUT2D eigenvalue weighted by Crippen LogP contribution is 2.19. The van der Waals surface area contributed by atoms with Gasteiger partial charge in [-0.2, -0.15) is 0 Å². The van der Waals surface area contributed by atoms with Gasteiger partial charge in [-0.25, -0.2) is 0 Å². The maximum atomic E-state index is 11.7. The van der Waals surface area contributed by atoms with Crippen molar-refractivity contribution in [2.24, 2.45) is 0 Å². The summed E-state index contributed by atoms with van der Waals surface area (Å²) in [6.07, 6.45) is 1.20. The first-order valence-electron chi connectivity index (χ1n) is 6.43. The molecule has 0 heterocycles. The third-order valence-electron chi connectivity index (χ3n) is 2.81. The molecule has 0 aromatic heterocycles. The summed E-state index contributed by atoms with van der Waals surface area (Å²) < 4.78 is 0. The highest BCUT2D eigenvalue weighted by atomic mass is 35.5. The lowest BCUT2D eigenvalue weighted by Gasteiger charge is -2.13. The zero-order chi connectivity index (χ0) is 15.1. The molecule has 20 heavy (non-hydrogen) atoms. The van der Waals surface area contributed by atoms with Gasteiger partial charge in [0.05, 0.1) is 0 Å². The van der Waals surface area contributed by atoms with Crippen molar-refractivity contribution < 1.29 is 14.7 Å². The lowest BCUT2D eigenvalue weighted by atomic mass is 10.2. The van der Waals surface area contributed by atoms with Gasteiger partial charge in [0.2, 0.25) is 0 Å². The monoisotopic (exact) mass is 298 g/mol. The second kappa shape index (κ2) is 7.87. The molecule has 0 saturated heterocycles. The minimum Gasteiger partial charge on any atom is -0.396 e. The van der Waals surface area contributed by atoms with E-state index in [1.54, 1.807) is 25.1 Å². The lowest BCUT2D eigenvalue weighted by molar-refractivity contribution is -0.136. The summed E-state index contributed by atoms with van der Waals surface area (Å²) in [4.78, 5) is 23.4. The van der Waals surface area contributed by atoms with E-state index in [1.165, 1.54) is 0 Å². The van der Waals surface area contributed by atoms with Gasteiger partial charge >= 0.3 is 11.8 Å². The van der Waals surface area contributed by atoms with E-state index in [9.17, 15) is 9.59 Å². The maximum Gasteiger partial charge on any atom is 0.313 e. The molecule has 110 valence electrons. The van der Waals surface area contributed by atoms with Crippen molar-refractivity contribution in [2.75, 3.05) is 11.9 Å². The van der Waals surface area contributed by atoms with E-state index >= 15 is 0 Å². The van der Waals surface area contributed by atoms with Gasteiger partial charge in [-0.05, 0) is 44.4 Å². The first-order chi connectivity index (χ1) is 9.43. The van der Waals surface area contributed by atoms with Crippen LogP contribution in [-0.4, -0.2) is 29.6 Å². The summed E-state index contributed by atoms with van der Waals surface area (Å²) in [6, 6.07) is 4.88. The molecule has 0 aliphatic heterocycles. The number of anilines is 1. The smallest absolute Gasteiger partial charge is 0.313 e. The van der Waals surface area contributed by atoms with E-state index in [4.69, 9.17) is 16.7 Å². The van der Waals surface area contributed by atoms with Crippen molar-refractivity contribution >= 4 is 29.1 Å². The molecule has 2 amide bonds. The number of nitrogens with one attached hydrogen (secondary N) is 2. The number of rotatable bonds is 5. The molecule has 5 nitrogen and oxygen atoms in total. The van der Waals surface area contributed by atoms with Crippen LogP contribution in [0.25, 0.3) is 0 Å². The summed E-state index contributed by atoms with van der Waals surface area (Å²) in [5.41, 5.74) is 1.37. The average Bonchev–Trinajstić information content (AvgIpc) is 2.40. The predicted octanol–water partition coefficient (Wildman–Crippen LogP) is 1.86. The molecule has 3 N–H and O–H groups in total. The third-order valence-corrected chi connectivity index (χ3v) is 3.22. The molecule has 1 rings (SSSR count). The molecule has 0 spiro atoms. The molecule has 1 atom stereocenters. The van der Waals surface area contributed by atoms with Crippen LogP contribution in [0.5, 0.6) is 0 Å². The van der Waals surface area contributed by atoms with Gasteiger partial charge in [-0.3, -0.25) is 9.59 Å². The van der Waals surface area contributed by atoms with Gasteiger partial charge in [-0.1, -0.05) is 17.7 Å². The van der Waals surface area contributed by atoms with Crippen molar-refractivity contribution in [3.8, 4) is 0 Å². The van der Waals surface area contributed by atoms with Crippen LogP contribution in [0.1, 0.15) is 25.3 Å². The molecule has 1 aromatic rings. The normalized spacial score (nSPS) is 11.8. The molecule has 0 aliphatic carbocycles. The van der Waals surface area contributed by atoms with Crippen LogP contribution in [0, 0.1) is 6.92 Å². The molecule has 1 aromatic carbocycles. The second-order valence-electron chi connectivity index (χ2n) is 4.66. The summed E-state index contributed by atoms with van der Waals surface area (Å²) in [5, 5.41) is 14.3. The largest absolute Gasteiger partial charge is 0.396 e. The zero-order valence-electron chi connectivity index (χ0n) is 11.6. The van der Waals surface area contributed by atoms with Crippen molar-refractivity contribution in [3.63, 3.8) is 0 Å². The minimum absolute atomic E-state index is 0.0638. The second-order valence-corrected chi connectivity index (χ2v) is 5.07. The lowest BCUT2D eigenvalue weighted by Crippen LogP contribution is -2.40. The Morgan fingerprint density at radius 1 is 1.35 bits per heavy atom. The number of hydrogen-bond donors (Lipinski definition) is 3. The van der Waals surface area contributed by atoms with Crippen LogP contribution in [-0.2, 0) is 9.59 Å². The van der Waals surface area contributed by atoms with Crippen molar-refractivity contribution in [3.05, 3.63) is 28.8 Å². The summed E-state index contributed by atoms with van der Waals surface area (Å²) in [5.74, 6) is -1.44. The Kier molecular flexibility index (Phi) is 6.48. The number of aliphatic hydroxyl groups is 1. The van der Waals surface area contributed by atoms with E-state index in [2.05, 4.69) is 10.6 Å². The Balaban J connectivity index is 2.53. The molecule has 0 radical (unpaired) electrons. The van der Waals surface area contributed by atoms with E-state index in [0.29, 0.717) is 23.6 Å². The zero-order valence-corrected chi connectivity index (χ0v) is 12.3. The topological polar surface area (TPSA) is 78.4 Å². The van der Waals surface area contributed by atoms with Crippen molar-refractivity contribution in [1.82, 2.24) is 5.32 Å². The van der Waals surface area contributed by atoms with Crippen LogP contribution in [0.4, 0.5) is 5.69 Å². The highest BCUT2D eigenvalue weighted by molar-refractivity contribution is 6.40. The van der Waals surface area contributed by atoms with Gasteiger partial charge in [0.15, 0.2) is 0 Å². The number of halogens is 1. The predicted molar refractivity (Wildman–Crippen MR) is 78.7 cm³/mol. The fourth-order valence-corrected chi connectivity index (χ4v) is 1.80. The van der Waals surface area contributed by atoms with Crippen LogP contribution >= 0.6 is 11.6 Å². The van der Waals surface area contributed by atoms with E-state index in [-0.39, 0.29) is 12.6 Å². The van der Waals surface area contributed by atoms with Crippen molar-refractivity contribution in [2.45, 2.75) is 32.7 Å². The van der Waals surface area contributed by atoms with Crippen LogP contribution in [0.3, 0.4) is 0 Å². The number of carbonyl (C=O) groups is 2. The molecule has 6 heteroatoms. The van der Waals surface area contributed by atoms with Crippen molar-refractivity contribution in [1.29, 1.82) is 0 Å². The van der Waals surface area contributed by atoms with Gasteiger partial charge in [0.1, 0.15) is 0 Å². The van der Waals surface area contributed by atoms with Gasteiger partial charge in [0, 0.05) is 23.4 Å². The molecule has 0 aliphatic rings. The molecular weight excluding hydrogens is 280 g/mol. The number of amides is 2. The number of aliphatic hydroxyl groups excluding tert-OH is 1. The Labute approximate surface area is 123 Å². The third kappa shape index (κ3) is 5.19. The number of benzene rings is 1. The van der Waals surface area contributed by atoms with Gasteiger partial charge in [0.25, 0.3) is 0 Å². The Morgan fingerprint density at radius 2 is 2.05 bits per heavy atom. The fourth-order valence-electron chi connectivity index (χ4n) is 1.62. The highest BCUT2D eigenvalue weighted by Gasteiger charge is 2.16. The summed E-state index contributed by atoms with van der Waals surface area (Å²) in [7, 11) is 0. The Bertz CT molecular complexity index is 491. The average molecular weight is 299 g/mol. The number of aryl methyl sites for hydroxylation is 1. The molecule has 0 saturated carbocycles. The summed E-state index contributed by atoms with van der Waals surface area (Å²) >= 11 is 5.94. The first-order valence-corrected chi connectivity index (χ1v) is 6.80. The number of hydrogen-bond acceptors (Lipinski definition) is 3. The van der Waals surface area contributed by atoms with E-state index in [1.807, 2.05) is 6.92 Å². The minimum atomic E-state index is -0.735. The van der Waals surface area contributed by atoms with Gasteiger partial charge in [-0.15, -0.1) is 0 Å².